The number of unbranched alkanes of at least 4 members (excludes halogenated alkanes) is 13. The van der Waals surface area contributed by atoms with Crippen molar-refractivity contribution < 1.29 is 28.6 Å². The minimum atomic E-state index is -0.820. The molecule has 6 heteroatoms. The lowest BCUT2D eigenvalue weighted by Crippen LogP contribution is -2.30. The number of hydrogen-bond acceptors (Lipinski definition) is 6. The van der Waals surface area contributed by atoms with Crippen molar-refractivity contribution in [2.75, 3.05) is 13.2 Å². The van der Waals surface area contributed by atoms with Crippen LogP contribution in [0.4, 0.5) is 0 Å². The summed E-state index contributed by atoms with van der Waals surface area (Å²) in [5.74, 6) is -1.02. The molecule has 0 bridgehead atoms. The number of ether oxygens (including phenoxy) is 3. The number of carbonyl (C=O) groups excluding carboxylic acids is 3. The molecule has 0 aromatic carbocycles. The van der Waals surface area contributed by atoms with Gasteiger partial charge in [0.25, 0.3) is 0 Å². The SMILES string of the molecule is CC/C=C\C/C=C\C/C=C\C/C=C\C/C=C\CCCC(=O)OCC(COC(=O)CCCCCCC/C=C\CCCCC)OC(=O)CCCCCC/C=C\C/C=C\C/C=C\C/C=C\CC. The summed E-state index contributed by atoms with van der Waals surface area (Å²) in [5, 5.41) is 0. The fourth-order valence-electron chi connectivity index (χ4n) is 6.40. The minimum absolute atomic E-state index is 0.114. The van der Waals surface area contributed by atoms with E-state index in [2.05, 4.69) is 142 Å². The summed E-state index contributed by atoms with van der Waals surface area (Å²) < 4.78 is 16.7. The molecule has 360 valence electrons. The Bertz CT molecular complexity index is 1390. The topological polar surface area (TPSA) is 78.9 Å². The van der Waals surface area contributed by atoms with Gasteiger partial charge in [0, 0.05) is 19.3 Å². The third-order valence-corrected chi connectivity index (χ3v) is 10.2. The summed E-state index contributed by atoms with van der Waals surface area (Å²) in [4.78, 5) is 38.0. The van der Waals surface area contributed by atoms with Gasteiger partial charge >= 0.3 is 17.9 Å². The highest BCUT2D eigenvalue weighted by Gasteiger charge is 2.19. The van der Waals surface area contributed by atoms with Crippen molar-refractivity contribution in [3.05, 3.63) is 122 Å². The highest BCUT2D eigenvalue weighted by Crippen LogP contribution is 2.12. The third-order valence-electron chi connectivity index (χ3n) is 10.2. The predicted molar refractivity (Wildman–Crippen MR) is 274 cm³/mol. The van der Waals surface area contributed by atoms with Gasteiger partial charge in [-0.3, -0.25) is 14.4 Å². The first-order chi connectivity index (χ1) is 31.5. The van der Waals surface area contributed by atoms with Crippen molar-refractivity contribution in [2.24, 2.45) is 0 Å². The van der Waals surface area contributed by atoms with Crippen LogP contribution in [0.25, 0.3) is 0 Å². The molecule has 0 aromatic rings. The number of hydrogen-bond donors (Lipinski definition) is 0. The quantitative estimate of drug-likeness (QED) is 0.0262. The average Bonchev–Trinajstić information content (AvgIpc) is 3.29. The van der Waals surface area contributed by atoms with Crippen LogP contribution in [0.5, 0.6) is 0 Å². The fraction of sp³-hybridized carbons (Fsp3) is 0.603. The Morgan fingerprint density at radius 1 is 0.328 bits per heavy atom. The van der Waals surface area contributed by atoms with E-state index in [9.17, 15) is 14.4 Å². The highest BCUT2D eigenvalue weighted by atomic mass is 16.6. The lowest BCUT2D eigenvalue weighted by molar-refractivity contribution is -0.167. The van der Waals surface area contributed by atoms with Gasteiger partial charge in [-0.15, -0.1) is 0 Å². The average molecular weight is 885 g/mol. The monoisotopic (exact) mass is 885 g/mol. The maximum absolute atomic E-state index is 12.8. The Morgan fingerprint density at radius 3 is 1.03 bits per heavy atom. The first-order valence-corrected chi connectivity index (χ1v) is 25.5. The number of esters is 3. The molecule has 0 saturated carbocycles. The van der Waals surface area contributed by atoms with E-state index in [-0.39, 0.29) is 44.0 Å². The molecule has 0 amide bonds. The van der Waals surface area contributed by atoms with E-state index in [0.29, 0.717) is 12.8 Å². The molecule has 0 rings (SSSR count). The van der Waals surface area contributed by atoms with Crippen LogP contribution in [0.3, 0.4) is 0 Å². The van der Waals surface area contributed by atoms with E-state index in [1.165, 1.54) is 32.1 Å². The molecule has 0 heterocycles. The zero-order chi connectivity index (χ0) is 46.5. The maximum Gasteiger partial charge on any atom is 0.306 e. The first-order valence-electron chi connectivity index (χ1n) is 25.5. The van der Waals surface area contributed by atoms with E-state index >= 15 is 0 Å². The van der Waals surface area contributed by atoms with Gasteiger partial charge in [-0.2, -0.15) is 0 Å². The Labute approximate surface area is 392 Å². The molecule has 0 fully saturated rings. The lowest BCUT2D eigenvalue weighted by Gasteiger charge is -2.18. The molecule has 1 atom stereocenters. The minimum Gasteiger partial charge on any atom is -0.462 e. The van der Waals surface area contributed by atoms with E-state index < -0.39 is 6.10 Å². The van der Waals surface area contributed by atoms with Gasteiger partial charge < -0.3 is 14.2 Å². The maximum atomic E-state index is 12.8. The summed E-state index contributed by atoms with van der Waals surface area (Å²) in [6, 6.07) is 0. The standard InChI is InChI=1S/C58H92O6/c1-4-7-10-13-16-19-22-25-27-29-31-33-36-39-42-45-48-51-57(60)63-54-55(53-62-56(59)50-47-44-41-38-35-24-21-18-15-12-9-6-3)64-58(61)52-49-46-43-40-37-34-32-30-28-26-23-20-17-14-11-8-5-2/h7-8,10-11,16-21,25-28,31-34,39,42,55H,4-6,9,12-15,22-24,29-30,35-38,40-41,43-54H2,1-3H3/b10-7-,11-8-,19-16-,20-17-,21-18-,27-25-,28-26-,33-31-,34-32-,42-39-. The Hall–Kier alpha value is -4.19. The van der Waals surface area contributed by atoms with Crippen LogP contribution in [0.15, 0.2) is 122 Å². The molecule has 6 nitrogen and oxygen atoms in total. The van der Waals surface area contributed by atoms with E-state index in [1.807, 2.05) is 0 Å². The molecule has 0 N–H and O–H groups in total. The molecule has 0 aliphatic heterocycles. The molecule has 0 spiro atoms. The van der Waals surface area contributed by atoms with Crippen molar-refractivity contribution in [2.45, 2.75) is 213 Å². The summed E-state index contributed by atoms with van der Waals surface area (Å²) in [7, 11) is 0. The van der Waals surface area contributed by atoms with Gasteiger partial charge in [-0.1, -0.05) is 187 Å². The Morgan fingerprint density at radius 2 is 0.625 bits per heavy atom. The molecular formula is C58H92O6. The fourth-order valence-corrected chi connectivity index (χ4v) is 6.40. The molecule has 0 saturated heterocycles. The second-order valence-electron chi connectivity index (χ2n) is 16.3. The van der Waals surface area contributed by atoms with Crippen LogP contribution in [0.2, 0.25) is 0 Å². The molecule has 0 aliphatic carbocycles. The van der Waals surface area contributed by atoms with Crippen molar-refractivity contribution in [3.8, 4) is 0 Å². The summed E-state index contributed by atoms with van der Waals surface area (Å²) in [6.45, 7) is 6.29. The normalized spacial score (nSPS) is 13.1. The molecule has 1 unspecified atom stereocenters. The van der Waals surface area contributed by atoms with Crippen LogP contribution in [-0.2, 0) is 28.6 Å². The van der Waals surface area contributed by atoms with E-state index in [0.717, 1.165) is 128 Å². The van der Waals surface area contributed by atoms with Gasteiger partial charge in [-0.05, 0) is 122 Å². The van der Waals surface area contributed by atoms with Crippen molar-refractivity contribution >= 4 is 17.9 Å². The number of carbonyl (C=O) groups is 3. The van der Waals surface area contributed by atoms with Gasteiger partial charge in [0.2, 0.25) is 0 Å². The van der Waals surface area contributed by atoms with Crippen LogP contribution in [0, 0.1) is 0 Å². The summed E-state index contributed by atoms with van der Waals surface area (Å²) in [5.41, 5.74) is 0. The van der Waals surface area contributed by atoms with E-state index in [4.69, 9.17) is 14.2 Å². The Balaban J connectivity index is 4.55. The lowest BCUT2D eigenvalue weighted by atomic mass is 10.1. The predicted octanol–water partition coefficient (Wildman–Crippen LogP) is 16.9. The van der Waals surface area contributed by atoms with Crippen molar-refractivity contribution in [1.29, 1.82) is 0 Å². The van der Waals surface area contributed by atoms with Crippen LogP contribution >= 0.6 is 0 Å². The van der Waals surface area contributed by atoms with Crippen molar-refractivity contribution in [3.63, 3.8) is 0 Å². The summed E-state index contributed by atoms with van der Waals surface area (Å²) >= 11 is 0. The highest BCUT2D eigenvalue weighted by molar-refractivity contribution is 5.71. The number of rotatable bonds is 44. The van der Waals surface area contributed by atoms with Gasteiger partial charge in [0.15, 0.2) is 6.10 Å². The van der Waals surface area contributed by atoms with Crippen LogP contribution in [-0.4, -0.2) is 37.2 Å². The van der Waals surface area contributed by atoms with Gasteiger partial charge in [-0.25, -0.2) is 0 Å². The largest absolute Gasteiger partial charge is 0.462 e. The molecule has 0 aromatic heterocycles. The number of allylic oxidation sites excluding steroid dienone is 20. The molecular weight excluding hydrogens is 793 g/mol. The second kappa shape index (κ2) is 51.4. The van der Waals surface area contributed by atoms with Crippen LogP contribution < -0.4 is 0 Å². The van der Waals surface area contributed by atoms with Crippen molar-refractivity contribution in [1.82, 2.24) is 0 Å². The van der Waals surface area contributed by atoms with Gasteiger partial charge in [0.05, 0.1) is 0 Å². The molecule has 64 heavy (non-hydrogen) atoms. The first kappa shape index (κ1) is 59.8. The zero-order valence-electron chi connectivity index (χ0n) is 41.0. The smallest absolute Gasteiger partial charge is 0.306 e. The van der Waals surface area contributed by atoms with Gasteiger partial charge in [0.1, 0.15) is 13.2 Å². The zero-order valence-corrected chi connectivity index (χ0v) is 41.0. The van der Waals surface area contributed by atoms with E-state index in [1.54, 1.807) is 0 Å². The Kier molecular flexibility index (Phi) is 48.1. The molecule has 0 radical (unpaired) electrons. The third kappa shape index (κ3) is 48.8. The van der Waals surface area contributed by atoms with Crippen LogP contribution in [0.1, 0.15) is 207 Å². The summed E-state index contributed by atoms with van der Waals surface area (Å²) in [6.07, 6.45) is 70.4. The molecule has 0 aliphatic rings. The second-order valence-corrected chi connectivity index (χ2v) is 16.3.